The van der Waals surface area contributed by atoms with Crippen LogP contribution in [-0.2, 0) is 32.1 Å². The number of amidine groups is 1. The number of nitrogens with two attached hydrogens (primary N) is 3. The molecule has 2 aromatic carbocycles. The molecule has 0 bridgehead atoms. The number of nitrogen functional groups attached to an aromatic ring is 1. The first kappa shape index (κ1) is 40.5. The summed E-state index contributed by atoms with van der Waals surface area (Å²) in [5.74, 6) is -2.46. The van der Waals surface area contributed by atoms with Gasteiger partial charge in [-0.1, -0.05) is 68.4 Å². The first-order chi connectivity index (χ1) is 23.7. The van der Waals surface area contributed by atoms with Gasteiger partial charge in [-0.2, -0.15) is 0 Å². The lowest BCUT2D eigenvalue weighted by molar-refractivity contribution is -0.134. The molecule has 0 aliphatic heterocycles. The van der Waals surface area contributed by atoms with Gasteiger partial charge in [0.15, 0.2) is 11.9 Å². The topological polar surface area (TPSA) is 290 Å². The summed E-state index contributed by atoms with van der Waals surface area (Å²) in [5, 5.41) is 38.9. The molecule has 0 spiro atoms. The summed E-state index contributed by atoms with van der Waals surface area (Å²) in [6.07, 6.45) is 1.54. The van der Waals surface area contributed by atoms with Crippen LogP contribution in [0.25, 0.3) is 0 Å². The third kappa shape index (κ3) is 16.0. The number of benzene rings is 2. The number of nitrogens with one attached hydrogen (secondary N) is 9. The predicted molar refractivity (Wildman–Crippen MR) is 193 cm³/mol. The summed E-state index contributed by atoms with van der Waals surface area (Å²) < 4.78 is 0. The number of hydrogen-bond acceptors (Lipinski definition) is 7. The maximum absolute atomic E-state index is 13.7. The van der Waals surface area contributed by atoms with Crippen molar-refractivity contribution in [3.63, 3.8) is 0 Å². The lowest BCUT2D eigenvalue weighted by Crippen LogP contribution is -2.57. The molecule has 0 saturated carbocycles. The third-order valence-electron chi connectivity index (χ3n) is 7.53. The maximum atomic E-state index is 13.7. The number of amides is 4. The zero-order valence-electron chi connectivity index (χ0n) is 28.7. The molecular weight excluding hydrogens is 640 g/mol. The van der Waals surface area contributed by atoms with E-state index in [1.165, 1.54) is 0 Å². The van der Waals surface area contributed by atoms with Crippen molar-refractivity contribution >= 4 is 41.4 Å². The van der Waals surface area contributed by atoms with Crippen LogP contribution in [0, 0.1) is 22.1 Å². The Balaban J connectivity index is 2.19. The van der Waals surface area contributed by atoms with E-state index in [1.54, 1.807) is 36.4 Å². The van der Waals surface area contributed by atoms with Crippen molar-refractivity contribution in [3.05, 3.63) is 71.3 Å². The van der Waals surface area contributed by atoms with Crippen LogP contribution in [0.2, 0.25) is 0 Å². The SMILES string of the molecule is CC(C)C[C@H](NC(=O)C(CCCNC(=N)N)NC(=O)Cc1ccccc1)C(=O)NC(CCCNC(=N)N)C(=O)NCc1ccc(C(=N)N)cc1. The Morgan fingerprint density at radius 3 is 1.68 bits per heavy atom. The highest BCUT2D eigenvalue weighted by molar-refractivity contribution is 5.95. The van der Waals surface area contributed by atoms with Crippen LogP contribution < -0.4 is 49.1 Å². The average molecular weight is 693 g/mol. The van der Waals surface area contributed by atoms with Crippen molar-refractivity contribution in [2.45, 2.75) is 77.0 Å². The lowest BCUT2D eigenvalue weighted by Gasteiger charge is -2.26. The van der Waals surface area contributed by atoms with E-state index in [2.05, 4.69) is 31.9 Å². The van der Waals surface area contributed by atoms with Crippen LogP contribution in [0.3, 0.4) is 0 Å². The van der Waals surface area contributed by atoms with Gasteiger partial charge in [-0.05, 0) is 49.1 Å². The maximum Gasteiger partial charge on any atom is 0.243 e. The summed E-state index contributed by atoms with van der Waals surface area (Å²) in [5.41, 5.74) is 18.4. The van der Waals surface area contributed by atoms with Crippen LogP contribution in [-0.4, -0.2) is 72.6 Å². The highest BCUT2D eigenvalue weighted by atomic mass is 16.2. The Bertz CT molecular complexity index is 1450. The van der Waals surface area contributed by atoms with E-state index in [0.717, 1.165) is 11.1 Å². The predicted octanol–water partition coefficient (Wildman–Crippen LogP) is -0.143. The molecule has 16 heteroatoms. The average Bonchev–Trinajstić information content (AvgIpc) is 3.06. The van der Waals surface area contributed by atoms with Crippen molar-refractivity contribution in [1.29, 1.82) is 16.2 Å². The second-order valence-corrected chi connectivity index (χ2v) is 12.3. The molecular formula is C34H52N12O4. The zero-order valence-corrected chi connectivity index (χ0v) is 28.7. The molecule has 0 aliphatic rings. The van der Waals surface area contributed by atoms with Gasteiger partial charge in [0.25, 0.3) is 0 Å². The van der Waals surface area contributed by atoms with Crippen molar-refractivity contribution < 1.29 is 19.2 Å². The van der Waals surface area contributed by atoms with E-state index >= 15 is 0 Å². The highest BCUT2D eigenvalue weighted by Crippen LogP contribution is 2.10. The Morgan fingerprint density at radius 1 is 0.640 bits per heavy atom. The largest absolute Gasteiger partial charge is 0.384 e. The highest BCUT2D eigenvalue weighted by Gasteiger charge is 2.30. The minimum absolute atomic E-state index is 0.0121. The van der Waals surface area contributed by atoms with Gasteiger partial charge in [0.2, 0.25) is 23.6 Å². The van der Waals surface area contributed by atoms with Crippen LogP contribution in [0.1, 0.15) is 62.6 Å². The van der Waals surface area contributed by atoms with Gasteiger partial charge < -0.3 is 49.1 Å². The second kappa shape index (κ2) is 21.3. The zero-order chi connectivity index (χ0) is 37.1. The normalized spacial score (nSPS) is 12.5. The number of guanidine groups is 2. The molecule has 272 valence electrons. The van der Waals surface area contributed by atoms with Crippen LogP contribution in [0.5, 0.6) is 0 Å². The fourth-order valence-electron chi connectivity index (χ4n) is 4.98. The van der Waals surface area contributed by atoms with Crippen LogP contribution in [0.15, 0.2) is 54.6 Å². The molecule has 0 saturated heterocycles. The molecule has 2 rings (SSSR count). The molecule has 0 fully saturated rings. The molecule has 0 aromatic heterocycles. The monoisotopic (exact) mass is 692 g/mol. The fourth-order valence-corrected chi connectivity index (χ4v) is 4.98. The molecule has 4 amide bonds. The Hall–Kier alpha value is -5.67. The Morgan fingerprint density at radius 2 is 1.16 bits per heavy atom. The Labute approximate surface area is 293 Å². The molecule has 2 aromatic rings. The molecule has 16 nitrogen and oxygen atoms in total. The smallest absolute Gasteiger partial charge is 0.243 e. The second-order valence-electron chi connectivity index (χ2n) is 12.3. The molecule has 0 radical (unpaired) electrons. The van der Waals surface area contributed by atoms with Crippen molar-refractivity contribution in [1.82, 2.24) is 31.9 Å². The van der Waals surface area contributed by atoms with E-state index in [4.69, 9.17) is 33.4 Å². The number of rotatable bonds is 21. The van der Waals surface area contributed by atoms with E-state index in [9.17, 15) is 19.2 Å². The number of carbonyl (C=O) groups excluding carboxylic acids is 4. The van der Waals surface area contributed by atoms with Crippen LogP contribution >= 0.6 is 0 Å². The van der Waals surface area contributed by atoms with Crippen LogP contribution in [0.4, 0.5) is 0 Å². The number of carbonyl (C=O) groups is 4. The summed E-state index contributed by atoms with van der Waals surface area (Å²) in [6, 6.07) is 12.9. The minimum Gasteiger partial charge on any atom is -0.384 e. The standard InChI is InChI=1S/C34H52N12O4/c1-21(2)18-27(46-31(49)26(11-7-17-42-34(39)40)44-28(47)19-22-8-4-3-5-9-22)32(50)45-25(10-6-16-41-33(37)38)30(48)43-20-23-12-14-24(15-13-23)29(35)36/h3-5,8-9,12-15,21,25-27H,6-7,10-11,16-20H2,1-2H3,(H3,35,36)(H,43,48)(H,44,47)(H,45,50)(H,46,49)(H4,37,38,41)(H4,39,40,42)/t25?,26?,27-/m0/s1. The fraction of sp³-hybridized carbons (Fsp3) is 0.441. The lowest BCUT2D eigenvalue weighted by atomic mass is 10.0. The van der Waals surface area contributed by atoms with E-state index in [0.29, 0.717) is 31.5 Å². The first-order valence-electron chi connectivity index (χ1n) is 16.6. The van der Waals surface area contributed by atoms with Gasteiger partial charge in [-0.15, -0.1) is 0 Å². The first-order valence-corrected chi connectivity index (χ1v) is 16.6. The van der Waals surface area contributed by atoms with E-state index in [1.807, 2.05) is 32.0 Å². The molecule has 2 unspecified atom stereocenters. The summed E-state index contributed by atoms with van der Waals surface area (Å²) in [7, 11) is 0. The molecule has 0 aliphatic carbocycles. The van der Waals surface area contributed by atoms with Crippen molar-refractivity contribution in [2.24, 2.45) is 23.1 Å². The Kier molecular flexibility index (Phi) is 17.3. The molecule has 3 atom stereocenters. The van der Waals surface area contributed by atoms with Crippen molar-refractivity contribution in [3.8, 4) is 0 Å². The summed E-state index contributed by atoms with van der Waals surface area (Å²) >= 11 is 0. The molecule has 50 heavy (non-hydrogen) atoms. The van der Waals surface area contributed by atoms with Gasteiger partial charge in [0.1, 0.15) is 24.0 Å². The van der Waals surface area contributed by atoms with E-state index in [-0.39, 0.29) is 61.8 Å². The molecule has 15 N–H and O–H groups in total. The van der Waals surface area contributed by atoms with Gasteiger partial charge in [-0.25, -0.2) is 0 Å². The third-order valence-corrected chi connectivity index (χ3v) is 7.53. The quantitative estimate of drug-likeness (QED) is 0.0470. The van der Waals surface area contributed by atoms with E-state index < -0.39 is 35.8 Å². The van der Waals surface area contributed by atoms with Gasteiger partial charge in [0, 0.05) is 25.2 Å². The molecule has 0 heterocycles. The minimum atomic E-state index is -1.02. The number of hydrogen-bond donors (Lipinski definition) is 12. The van der Waals surface area contributed by atoms with Gasteiger partial charge >= 0.3 is 0 Å². The summed E-state index contributed by atoms with van der Waals surface area (Å²) in [6.45, 7) is 4.56. The van der Waals surface area contributed by atoms with Gasteiger partial charge in [-0.3, -0.25) is 35.4 Å². The van der Waals surface area contributed by atoms with Gasteiger partial charge in [0.05, 0.1) is 6.42 Å². The van der Waals surface area contributed by atoms with Crippen molar-refractivity contribution in [2.75, 3.05) is 13.1 Å². The summed E-state index contributed by atoms with van der Waals surface area (Å²) in [4.78, 5) is 53.7.